The Bertz CT molecular complexity index is 425. The largest absolute Gasteiger partial charge is 0.383 e. The summed E-state index contributed by atoms with van der Waals surface area (Å²) in [6, 6.07) is 7.53. The van der Waals surface area contributed by atoms with Crippen LogP contribution < -0.4 is 5.32 Å². The molecule has 1 aromatic rings. The van der Waals surface area contributed by atoms with Gasteiger partial charge in [0.05, 0.1) is 0 Å². The molecule has 3 nitrogen and oxygen atoms in total. The minimum atomic E-state index is -2.98. The Morgan fingerprint density at radius 2 is 2.08 bits per heavy atom. The third kappa shape index (κ3) is 1.42. The molecule has 13 heavy (non-hydrogen) atoms. The van der Waals surface area contributed by atoms with Crippen molar-refractivity contribution >= 4 is 15.5 Å². The van der Waals surface area contributed by atoms with E-state index in [1.165, 1.54) is 6.26 Å². The molecule has 0 aromatic heterocycles. The Labute approximate surface area is 77.7 Å². The molecule has 0 saturated heterocycles. The summed E-state index contributed by atoms with van der Waals surface area (Å²) in [6.45, 7) is 0.498. The first kappa shape index (κ1) is 8.56. The van der Waals surface area contributed by atoms with Gasteiger partial charge in [0.15, 0.2) is 9.84 Å². The molecule has 0 amide bonds. The molecule has 2 rings (SSSR count). The first-order valence-corrected chi connectivity index (χ1v) is 6.06. The molecular weight excluding hydrogens is 186 g/mol. The molecule has 0 bridgehead atoms. The number of benzene rings is 1. The third-order valence-corrected chi connectivity index (χ3v) is 3.76. The minimum Gasteiger partial charge on any atom is -0.383 e. The molecule has 1 heterocycles. The standard InChI is InChI=1S/C9H11NO2S/c1-13(11,12)9-6-10-8-5-3-2-4-7(8)9/h2-5,9-10H,6H2,1H3. The number of hydrogen-bond acceptors (Lipinski definition) is 3. The fourth-order valence-electron chi connectivity index (χ4n) is 1.63. The molecular formula is C9H11NO2S. The zero-order valence-corrected chi connectivity index (χ0v) is 8.14. The summed E-state index contributed by atoms with van der Waals surface area (Å²) in [7, 11) is -2.98. The zero-order valence-electron chi connectivity index (χ0n) is 7.32. The number of fused-ring (bicyclic) bond motifs is 1. The molecule has 0 radical (unpaired) electrons. The fraction of sp³-hybridized carbons (Fsp3) is 0.333. The van der Waals surface area contributed by atoms with Crippen molar-refractivity contribution in [3.63, 3.8) is 0 Å². The Morgan fingerprint density at radius 1 is 1.38 bits per heavy atom. The van der Waals surface area contributed by atoms with E-state index < -0.39 is 9.84 Å². The number of anilines is 1. The molecule has 1 N–H and O–H groups in total. The Morgan fingerprint density at radius 3 is 2.77 bits per heavy atom. The van der Waals surface area contributed by atoms with E-state index in [0.717, 1.165) is 11.3 Å². The van der Waals surface area contributed by atoms with Crippen molar-refractivity contribution < 1.29 is 8.42 Å². The maximum Gasteiger partial charge on any atom is 0.156 e. The lowest BCUT2D eigenvalue weighted by atomic mass is 10.2. The normalized spacial score (nSPS) is 20.8. The lowest BCUT2D eigenvalue weighted by Gasteiger charge is -2.06. The minimum absolute atomic E-state index is 0.372. The van der Waals surface area contributed by atoms with Crippen LogP contribution in [0.5, 0.6) is 0 Å². The van der Waals surface area contributed by atoms with Crippen LogP contribution in [0.1, 0.15) is 10.8 Å². The summed E-state index contributed by atoms with van der Waals surface area (Å²) in [5.74, 6) is 0. The topological polar surface area (TPSA) is 46.2 Å². The van der Waals surface area contributed by atoms with Gasteiger partial charge in [-0.25, -0.2) is 8.42 Å². The van der Waals surface area contributed by atoms with Crippen LogP contribution in [0.3, 0.4) is 0 Å². The molecule has 0 saturated carbocycles. The predicted octanol–water partition coefficient (Wildman–Crippen LogP) is 1.20. The van der Waals surface area contributed by atoms with Gasteiger partial charge in [-0.1, -0.05) is 18.2 Å². The van der Waals surface area contributed by atoms with Gasteiger partial charge < -0.3 is 5.32 Å². The number of para-hydroxylation sites is 1. The molecule has 1 atom stereocenters. The van der Waals surface area contributed by atoms with Crippen LogP contribution >= 0.6 is 0 Å². The number of hydrogen-bond donors (Lipinski definition) is 1. The fourth-order valence-corrected chi connectivity index (χ4v) is 2.69. The predicted molar refractivity (Wildman–Crippen MR) is 52.5 cm³/mol. The van der Waals surface area contributed by atoms with Gasteiger partial charge in [-0.05, 0) is 11.6 Å². The molecule has 0 fully saturated rings. The van der Waals surface area contributed by atoms with Crippen LogP contribution in [0.4, 0.5) is 5.69 Å². The van der Waals surface area contributed by atoms with Crippen molar-refractivity contribution in [2.75, 3.05) is 18.1 Å². The first-order valence-electron chi connectivity index (χ1n) is 4.11. The first-order chi connectivity index (χ1) is 6.09. The molecule has 1 aliphatic heterocycles. The van der Waals surface area contributed by atoms with Crippen LogP contribution in [-0.2, 0) is 9.84 Å². The Kier molecular flexibility index (Phi) is 1.80. The maximum atomic E-state index is 11.4. The van der Waals surface area contributed by atoms with E-state index in [1.54, 1.807) is 0 Å². The van der Waals surface area contributed by atoms with Gasteiger partial charge in [-0.3, -0.25) is 0 Å². The van der Waals surface area contributed by atoms with Crippen molar-refractivity contribution in [1.82, 2.24) is 0 Å². The Balaban J connectivity index is 2.51. The lowest BCUT2D eigenvalue weighted by Crippen LogP contribution is -2.13. The van der Waals surface area contributed by atoms with Crippen LogP contribution in [0.25, 0.3) is 0 Å². The summed E-state index contributed by atoms with van der Waals surface area (Å²) in [5, 5.41) is 2.71. The zero-order chi connectivity index (χ0) is 9.47. The molecule has 70 valence electrons. The van der Waals surface area contributed by atoms with Crippen molar-refractivity contribution in [2.24, 2.45) is 0 Å². The molecule has 1 aromatic carbocycles. The lowest BCUT2D eigenvalue weighted by molar-refractivity contribution is 0.592. The van der Waals surface area contributed by atoms with Crippen molar-refractivity contribution in [3.8, 4) is 0 Å². The van der Waals surface area contributed by atoms with Crippen LogP contribution in [0, 0.1) is 0 Å². The van der Waals surface area contributed by atoms with Crippen molar-refractivity contribution in [1.29, 1.82) is 0 Å². The average Bonchev–Trinajstić information content (AvgIpc) is 2.45. The van der Waals surface area contributed by atoms with E-state index in [-0.39, 0.29) is 5.25 Å². The van der Waals surface area contributed by atoms with Gasteiger partial charge in [-0.2, -0.15) is 0 Å². The van der Waals surface area contributed by atoms with Gasteiger partial charge in [-0.15, -0.1) is 0 Å². The van der Waals surface area contributed by atoms with Gasteiger partial charge in [0.25, 0.3) is 0 Å². The maximum absolute atomic E-state index is 11.4. The highest BCUT2D eigenvalue weighted by Gasteiger charge is 2.29. The van der Waals surface area contributed by atoms with E-state index in [1.807, 2.05) is 24.3 Å². The van der Waals surface area contributed by atoms with Gasteiger partial charge in [0.2, 0.25) is 0 Å². The van der Waals surface area contributed by atoms with E-state index in [9.17, 15) is 8.42 Å². The smallest absolute Gasteiger partial charge is 0.156 e. The summed E-state index contributed by atoms with van der Waals surface area (Å²) in [5.41, 5.74) is 1.84. The molecule has 0 spiro atoms. The van der Waals surface area contributed by atoms with Crippen LogP contribution in [-0.4, -0.2) is 21.2 Å². The van der Waals surface area contributed by atoms with E-state index >= 15 is 0 Å². The second-order valence-corrected chi connectivity index (χ2v) is 5.51. The molecule has 4 heteroatoms. The van der Waals surface area contributed by atoms with Crippen LogP contribution in [0.15, 0.2) is 24.3 Å². The van der Waals surface area contributed by atoms with Gasteiger partial charge >= 0.3 is 0 Å². The quantitative estimate of drug-likeness (QED) is 0.735. The highest BCUT2D eigenvalue weighted by atomic mass is 32.2. The summed E-state index contributed by atoms with van der Waals surface area (Å²) in [6.07, 6.45) is 1.28. The number of rotatable bonds is 1. The van der Waals surface area contributed by atoms with E-state index in [0.29, 0.717) is 6.54 Å². The second kappa shape index (κ2) is 2.73. The van der Waals surface area contributed by atoms with Crippen molar-refractivity contribution in [2.45, 2.75) is 5.25 Å². The second-order valence-electron chi connectivity index (χ2n) is 3.29. The van der Waals surface area contributed by atoms with E-state index in [2.05, 4.69) is 5.32 Å². The number of nitrogens with one attached hydrogen (secondary N) is 1. The SMILES string of the molecule is CS(=O)(=O)C1CNc2ccccc21. The highest BCUT2D eigenvalue weighted by Crippen LogP contribution is 2.33. The molecule has 0 aliphatic carbocycles. The molecule has 1 aliphatic rings. The van der Waals surface area contributed by atoms with Crippen molar-refractivity contribution in [3.05, 3.63) is 29.8 Å². The van der Waals surface area contributed by atoms with Gasteiger partial charge in [0, 0.05) is 18.5 Å². The highest BCUT2D eigenvalue weighted by molar-refractivity contribution is 7.91. The summed E-state index contributed by atoms with van der Waals surface area (Å²) in [4.78, 5) is 0. The average molecular weight is 197 g/mol. The third-order valence-electron chi connectivity index (χ3n) is 2.30. The monoisotopic (exact) mass is 197 g/mol. The summed E-state index contributed by atoms with van der Waals surface area (Å²) < 4.78 is 22.7. The summed E-state index contributed by atoms with van der Waals surface area (Å²) >= 11 is 0. The Hall–Kier alpha value is -1.03. The van der Waals surface area contributed by atoms with Crippen LogP contribution in [0.2, 0.25) is 0 Å². The van der Waals surface area contributed by atoms with Gasteiger partial charge in [0.1, 0.15) is 5.25 Å². The number of sulfone groups is 1. The molecule has 1 unspecified atom stereocenters. The van der Waals surface area contributed by atoms with E-state index in [4.69, 9.17) is 0 Å².